The van der Waals surface area contributed by atoms with Gasteiger partial charge in [-0.2, -0.15) is 0 Å². The van der Waals surface area contributed by atoms with E-state index in [1.807, 2.05) is 36.5 Å². The van der Waals surface area contributed by atoms with E-state index in [9.17, 15) is 4.79 Å². The highest BCUT2D eigenvalue weighted by atomic mass is 16.1. The molecule has 1 amide bonds. The van der Waals surface area contributed by atoms with Crippen LogP contribution in [0.25, 0.3) is 22.4 Å². The molecule has 1 fully saturated rings. The monoisotopic (exact) mass is 421 g/mol. The number of benzene rings is 1. The van der Waals surface area contributed by atoms with Crippen molar-refractivity contribution in [2.24, 2.45) is 0 Å². The molecule has 0 spiro atoms. The van der Waals surface area contributed by atoms with E-state index in [1.54, 1.807) is 0 Å². The van der Waals surface area contributed by atoms with Crippen LogP contribution in [0.15, 0.2) is 36.5 Å². The largest absolute Gasteiger partial charge is 0.358 e. The number of hydrogen-bond donors (Lipinski definition) is 2. The fraction of sp³-hybridized carbons (Fsp3) is 0.435. The van der Waals surface area contributed by atoms with Gasteiger partial charge in [-0.05, 0) is 50.3 Å². The van der Waals surface area contributed by atoms with Gasteiger partial charge in [0, 0.05) is 45.0 Å². The van der Waals surface area contributed by atoms with Crippen molar-refractivity contribution in [1.82, 2.24) is 24.8 Å². The van der Waals surface area contributed by atoms with E-state index >= 15 is 0 Å². The Kier molecular flexibility index (Phi) is 6.79. The third-order valence-corrected chi connectivity index (χ3v) is 6.02. The number of carbonyl (C=O) groups is 1. The lowest BCUT2D eigenvalue weighted by atomic mass is 10.2. The third-order valence-electron chi connectivity index (χ3n) is 6.02. The second-order valence-electron chi connectivity index (χ2n) is 8.01. The van der Waals surface area contributed by atoms with Crippen LogP contribution in [0, 0.1) is 0 Å². The molecule has 164 valence electrons. The number of anilines is 2. The summed E-state index contributed by atoms with van der Waals surface area (Å²) in [5, 5.41) is 2.70. The summed E-state index contributed by atoms with van der Waals surface area (Å²) in [4.78, 5) is 30.7. The van der Waals surface area contributed by atoms with Crippen molar-refractivity contribution in [2.75, 3.05) is 63.1 Å². The Bertz CT molecular complexity index is 1000. The first-order valence-corrected chi connectivity index (χ1v) is 11.0. The first kappa shape index (κ1) is 21.3. The molecule has 0 aliphatic carbocycles. The van der Waals surface area contributed by atoms with E-state index in [2.05, 4.69) is 48.9 Å². The van der Waals surface area contributed by atoms with Gasteiger partial charge in [0.05, 0.1) is 11.2 Å². The number of amides is 1. The normalized spacial score (nSPS) is 15.7. The summed E-state index contributed by atoms with van der Waals surface area (Å²) in [5.74, 6) is 1.69. The summed E-state index contributed by atoms with van der Waals surface area (Å²) >= 11 is 0. The molecule has 1 saturated heterocycles. The van der Waals surface area contributed by atoms with Crippen LogP contribution in [-0.2, 0) is 4.79 Å². The predicted molar refractivity (Wildman–Crippen MR) is 125 cm³/mol. The van der Waals surface area contributed by atoms with Crippen LogP contribution in [0.5, 0.6) is 0 Å². The minimum absolute atomic E-state index is 0.667. The number of hydrogen-bond acceptors (Lipinski definition) is 6. The summed E-state index contributed by atoms with van der Waals surface area (Å²) in [6.45, 7) is 10.1. The fourth-order valence-corrected chi connectivity index (χ4v) is 4.07. The average molecular weight is 422 g/mol. The van der Waals surface area contributed by atoms with Crippen molar-refractivity contribution in [2.45, 2.75) is 13.3 Å². The molecular weight excluding hydrogens is 390 g/mol. The second kappa shape index (κ2) is 9.89. The molecule has 0 atom stereocenters. The van der Waals surface area contributed by atoms with Gasteiger partial charge in [0.1, 0.15) is 17.2 Å². The topological polar surface area (TPSA) is 80.4 Å². The number of aromatic amines is 1. The lowest BCUT2D eigenvalue weighted by Gasteiger charge is -2.25. The molecule has 0 bridgehead atoms. The van der Waals surface area contributed by atoms with Gasteiger partial charge in [-0.15, -0.1) is 0 Å². The molecular formula is C23H31N7O. The van der Waals surface area contributed by atoms with Crippen LogP contribution >= 0.6 is 0 Å². The fourth-order valence-electron chi connectivity index (χ4n) is 4.07. The smallest absolute Gasteiger partial charge is 0.211 e. The Balaban J connectivity index is 1.39. The lowest BCUT2D eigenvalue weighted by molar-refractivity contribution is -0.105. The Morgan fingerprint density at radius 2 is 2.00 bits per heavy atom. The van der Waals surface area contributed by atoms with Gasteiger partial charge in [0.2, 0.25) is 6.41 Å². The Morgan fingerprint density at radius 1 is 1.16 bits per heavy atom. The molecule has 0 saturated carbocycles. The van der Waals surface area contributed by atoms with Gasteiger partial charge < -0.3 is 25.0 Å². The maximum absolute atomic E-state index is 10.8. The minimum Gasteiger partial charge on any atom is -0.358 e. The zero-order valence-electron chi connectivity index (χ0n) is 18.3. The summed E-state index contributed by atoms with van der Waals surface area (Å²) in [7, 11) is 2.09. The second-order valence-corrected chi connectivity index (χ2v) is 8.01. The molecule has 0 unspecified atom stereocenters. The van der Waals surface area contributed by atoms with Crippen LogP contribution in [0.2, 0.25) is 0 Å². The minimum atomic E-state index is 0.667. The average Bonchev–Trinajstić information content (AvgIpc) is 3.11. The Hall–Kier alpha value is -2.97. The van der Waals surface area contributed by atoms with Crippen LogP contribution in [-0.4, -0.2) is 84.0 Å². The third kappa shape index (κ3) is 5.03. The predicted octanol–water partition coefficient (Wildman–Crippen LogP) is 2.66. The van der Waals surface area contributed by atoms with Crippen LogP contribution in [0.1, 0.15) is 13.3 Å². The van der Waals surface area contributed by atoms with E-state index in [0.29, 0.717) is 12.1 Å². The number of nitrogens with one attached hydrogen (secondary N) is 2. The Labute approximate surface area is 183 Å². The highest BCUT2D eigenvalue weighted by Crippen LogP contribution is 2.26. The molecule has 2 N–H and O–H groups in total. The van der Waals surface area contributed by atoms with E-state index in [1.165, 1.54) is 19.5 Å². The van der Waals surface area contributed by atoms with Crippen molar-refractivity contribution in [3.05, 3.63) is 36.5 Å². The number of imidazole rings is 1. The standard InChI is InChI=1S/C23H31N7O/c1-3-29-10-5-11-30(15-14-29)13-12-28(2)21-9-8-18(16-24-21)23-26-20-7-4-6-19(25-17-31)22(20)27-23/h4,6-9,16-17H,3,5,10-15H2,1-2H3,(H,25,31)(H,26,27). The van der Waals surface area contributed by atoms with Crippen molar-refractivity contribution in [3.63, 3.8) is 0 Å². The molecule has 8 nitrogen and oxygen atoms in total. The number of para-hydroxylation sites is 1. The number of likely N-dealkylation sites (N-methyl/N-ethyl adjacent to an activating group) is 2. The highest BCUT2D eigenvalue weighted by Gasteiger charge is 2.14. The number of aromatic nitrogens is 3. The molecule has 3 heterocycles. The van der Waals surface area contributed by atoms with Gasteiger partial charge in [-0.25, -0.2) is 9.97 Å². The zero-order chi connectivity index (χ0) is 21.6. The van der Waals surface area contributed by atoms with E-state index in [-0.39, 0.29) is 0 Å². The quantitative estimate of drug-likeness (QED) is 0.545. The highest BCUT2D eigenvalue weighted by molar-refractivity contribution is 5.94. The first-order chi connectivity index (χ1) is 15.2. The van der Waals surface area contributed by atoms with Gasteiger partial charge in [-0.1, -0.05) is 13.0 Å². The zero-order valence-corrected chi connectivity index (χ0v) is 18.3. The molecule has 2 aromatic heterocycles. The molecule has 1 aromatic carbocycles. The number of nitrogens with zero attached hydrogens (tertiary/aromatic N) is 5. The number of pyridine rings is 1. The molecule has 8 heteroatoms. The molecule has 0 radical (unpaired) electrons. The van der Waals surface area contributed by atoms with E-state index in [0.717, 1.165) is 61.0 Å². The number of fused-ring (bicyclic) bond motifs is 1. The van der Waals surface area contributed by atoms with Gasteiger partial charge in [0.25, 0.3) is 0 Å². The van der Waals surface area contributed by atoms with Crippen LogP contribution in [0.3, 0.4) is 0 Å². The summed E-state index contributed by atoms with van der Waals surface area (Å²) < 4.78 is 0. The molecule has 1 aliphatic rings. The number of H-pyrrole nitrogens is 1. The lowest BCUT2D eigenvalue weighted by Crippen LogP contribution is -2.36. The number of rotatable bonds is 8. The van der Waals surface area contributed by atoms with Crippen molar-refractivity contribution in [3.8, 4) is 11.4 Å². The van der Waals surface area contributed by atoms with Gasteiger partial charge >= 0.3 is 0 Å². The summed E-state index contributed by atoms with van der Waals surface area (Å²) in [6.07, 6.45) is 3.76. The van der Waals surface area contributed by atoms with E-state index in [4.69, 9.17) is 0 Å². The molecule has 1 aliphatic heterocycles. The van der Waals surface area contributed by atoms with Crippen molar-refractivity contribution < 1.29 is 4.79 Å². The summed E-state index contributed by atoms with van der Waals surface area (Å²) in [6, 6.07) is 9.74. The molecule has 3 aromatic rings. The number of carbonyl (C=O) groups excluding carboxylic acids is 1. The van der Waals surface area contributed by atoms with Gasteiger partial charge in [0.15, 0.2) is 0 Å². The molecule has 31 heavy (non-hydrogen) atoms. The SMILES string of the molecule is CCN1CCCN(CCN(C)c2ccc(-c3nc4c(NC=O)cccc4[nH]3)cn2)CC1. The maximum atomic E-state index is 10.8. The van der Waals surface area contributed by atoms with Gasteiger partial charge in [-0.3, -0.25) is 4.79 Å². The van der Waals surface area contributed by atoms with Crippen molar-refractivity contribution >= 4 is 28.9 Å². The summed E-state index contributed by atoms with van der Waals surface area (Å²) in [5.41, 5.74) is 3.22. The Morgan fingerprint density at radius 3 is 2.77 bits per heavy atom. The first-order valence-electron chi connectivity index (χ1n) is 11.0. The maximum Gasteiger partial charge on any atom is 0.211 e. The van der Waals surface area contributed by atoms with E-state index < -0.39 is 0 Å². The van der Waals surface area contributed by atoms with Crippen molar-refractivity contribution in [1.29, 1.82) is 0 Å². The van der Waals surface area contributed by atoms with Crippen LogP contribution in [0.4, 0.5) is 11.5 Å². The molecule has 4 rings (SSSR count). The van der Waals surface area contributed by atoms with Crippen LogP contribution < -0.4 is 10.2 Å².